The fourth-order valence-electron chi connectivity index (χ4n) is 1.39. The van der Waals surface area contributed by atoms with Gasteiger partial charge in [0.1, 0.15) is 0 Å². The van der Waals surface area contributed by atoms with Crippen molar-refractivity contribution in [2.24, 2.45) is 5.73 Å². The highest BCUT2D eigenvalue weighted by atomic mass is 28.3. The number of hydrogen-bond donors (Lipinski definition) is 2. The van der Waals surface area contributed by atoms with Crippen LogP contribution in [-0.4, -0.2) is 30.0 Å². The van der Waals surface area contributed by atoms with Crippen molar-refractivity contribution in [2.45, 2.75) is 31.7 Å². The molecule has 0 aliphatic carbocycles. The maximum Gasteiger partial charge on any atom is 0.324 e. The van der Waals surface area contributed by atoms with Crippen molar-refractivity contribution in [3.8, 4) is 0 Å². The summed E-state index contributed by atoms with van der Waals surface area (Å²) in [5, 5.41) is 0. The highest BCUT2D eigenvalue weighted by Gasteiger charge is 2.21. The summed E-state index contributed by atoms with van der Waals surface area (Å²) >= 11 is 0. The zero-order chi connectivity index (χ0) is 9.40. The van der Waals surface area contributed by atoms with Gasteiger partial charge in [0.05, 0.1) is 0 Å². The van der Waals surface area contributed by atoms with Crippen molar-refractivity contribution < 1.29 is 8.85 Å². The van der Waals surface area contributed by atoms with Gasteiger partial charge in [0.25, 0.3) is 0 Å². The van der Waals surface area contributed by atoms with Crippen LogP contribution in [0.3, 0.4) is 0 Å². The third-order valence-electron chi connectivity index (χ3n) is 2.15. The first-order valence-corrected chi connectivity index (χ1v) is 6.16. The van der Waals surface area contributed by atoms with Crippen LogP contribution in [0.2, 0.25) is 5.54 Å². The smallest absolute Gasteiger partial charge is 0.324 e. The van der Waals surface area contributed by atoms with Crippen LogP contribution in [0.1, 0.15) is 26.2 Å². The van der Waals surface area contributed by atoms with Gasteiger partial charge in [0, 0.05) is 14.2 Å². The van der Waals surface area contributed by atoms with Crippen LogP contribution in [0.5, 0.6) is 0 Å². The summed E-state index contributed by atoms with van der Waals surface area (Å²) in [6, 6.07) is 0. The van der Waals surface area contributed by atoms with Crippen LogP contribution in [0.25, 0.3) is 0 Å². The molecular formula is C8H24N2O2Si. The fourth-order valence-corrected chi connectivity index (χ4v) is 3.25. The highest BCUT2D eigenvalue weighted by Crippen LogP contribution is 2.21. The molecule has 0 aliphatic heterocycles. The van der Waals surface area contributed by atoms with E-state index in [1.165, 1.54) is 0 Å². The van der Waals surface area contributed by atoms with E-state index in [2.05, 4.69) is 6.92 Å². The fraction of sp³-hybridized carbons (Fsp3) is 1.00. The lowest BCUT2D eigenvalue weighted by Gasteiger charge is -2.20. The quantitative estimate of drug-likeness (QED) is 0.616. The predicted molar refractivity (Wildman–Crippen MR) is 58.5 cm³/mol. The Morgan fingerprint density at radius 3 is 2.15 bits per heavy atom. The minimum Gasteiger partial charge on any atom is -0.400 e. The Morgan fingerprint density at radius 2 is 1.85 bits per heavy atom. The first-order chi connectivity index (χ1) is 5.79. The Kier molecular flexibility index (Phi) is 12.1. The molecule has 5 heteroatoms. The lowest BCUT2D eigenvalue weighted by atomic mass is 10.2. The van der Waals surface area contributed by atoms with E-state index >= 15 is 0 Å². The third kappa shape index (κ3) is 6.17. The zero-order valence-corrected chi connectivity index (χ0v) is 10.2. The van der Waals surface area contributed by atoms with Crippen molar-refractivity contribution in [3.63, 3.8) is 0 Å². The van der Waals surface area contributed by atoms with E-state index in [0.717, 1.165) is 25.8 Å². The lowest BCUT2D eigenvalue weighted by Crippen LogP contribution is -2.26. The van der Waals surface area contributed by atoms with Crippen LogP contribution in [0, 0.1) is 0 Å². The third-order valence-corrected chi connectivity index (χ3v) is 4.66. The van der Waals surface area contributed by atoms with E-state index in [9.17, 15) is 0 Å². The van der Waals surface area contributed by atoms with Crippen molar-refractivity contribution >= 4 is 9.28 Å². The molecule has 0 rings (SSSR count). The number of nitrogens with two attached hydrogens (primary N) is 1. The van der Waals surface area contributed by atoms with Crippen LogP contribution in [0.15, 0.2) is 0 Å². The average molecular weight is 208 g/mol. The van der Waals surface area contributed by atoms with E-state index in [1.54, 1.807) is 14.2 Å². The molecule has 4 nitrogen and oxygen atoms in total. The topological polar surface area (TPSA) is 79.5 Å². The predicted octanol–water partition coefficient (Wildman–Crippen LogP) is 1.18. The summed E-state index contributed by atoms with van der Waals surface area (Å²) in [5.74, 6) is 0. The van der Waals surface area contributed by atoms with E-state index in [-0.39, 0.29) is 6.15 Å². The molecule has 5 N–H and O–H groups in total. The second-order valence-corrected chi connectivity index (χ2v) is 5.56. The van der Waals surface area contributed by atoms with Gasteiger partial charge in [-0.2, -0.15) is 0 Å². The molecule has 13 heavy (non-hydrogen) atoms. The van der Waals surface area contributed by atoms with Crippen molar-refractivity contribution in [1.29, 1.82) is 0 Å². The maximum atomic E-state index is 5.45. The van der Waals surface area contributed by atoms with E-state index < -0.39 is 9.28 Å². The van der Waals surface area contributed by atoms with E-state index in [1.807, 2.05) is 0 Å². The summed E-state index contributed by atoms with van der Waals surface area (Å²) in [6.45, 7) is 2.95. The van der Waals surface area contributed by atoms with E-state index in [4.69, 9.17) is 14.6 Å². The van der Waals surface area contributed by atoms with Gasteiger partial charge in [-0.1, -0.05) is 13.3 Å². The lowest BCUT2D eigenvalue weighted by molar-refractivity contribution is 0.260. The van der Waals surface area contributed by atoms with E-state index in [0.29, 0.717) is 5.54 Å². The minimum atomic E-state index is -1.39. The molecule has 0 radical (unpaired) electrons. The summed E-state index contributed by atoms with van der Waals surface area (Å²) in [5.41, 5.74) is 6.06. The molecule has 0 aromatic carbocycles. The first kappa shape index (κ1) is 15.5. The van der Waals surface area contributed by atoms with Gasteiger partial charge in [-0.25, -0.2) is 0 Å². The maximum absolute atomic E-state index is 5.45. The first-order valence-electron chi connectivity index (χ1n) is 4.55. The molecule has 1 atom stereocenters. The molecule has 0 amide bonds. The average Bonchev–Trinajstić information content (AvgIpc) is 2.12. The largest absolute Gasteiger partial charge is 0.400 e. The van der Waals surface area contributed by atoms with Crippen LogP contribution in [0.4, 0.5) is 0 Å². The van der Waals surface area contributed by atoms with Crippen molar-refractivity contribution in [1.82, 2.24) is 6.15 Å². The molecular weight excluding hydrogens is 184 g/mol. The van der Waals surface area contributed by atoms with Gasteiger partial charge in [0.2, 0.25) is 0 Å². The summed E-state index contributed by atoms with van der Waals surface area (Å²) in [6.07, 6.45) is 3.36. The Morgan fingerprint density at radius 1 is 1.31 bits per heavy atom. The SMILES string of the molecule is CCC(CCCN)[SiH](OC)OC.N. The monoisotopic (exact) mass is 208 g/mol. The molecule has 0 aliphatic rings. The molecule has 82 valence electrons. The minimum absolute atomic E-state index is 0. The standard InChI is InChI=1S/C8H21NO2Si.H3N/c1-4-8(6-5-7-9)12(10-2)11-3;/h8,12H,4-7,9H2,1-3H3;1H3. The molecule has 0 bridgehead atoms. The Bertz CT molecular complexity index is 102. The number of rotatable bonds is 7. The summed E-state index contributed by atoms with van der Waals surface area (Å²) in [7, 11) is 2.09. The molecule has 1 unspecified atom stereocenters. The molecule has 0 aromatic rings. The Hall–Kier alpha value is 0.0569. The Balaban J connectivity index is 0. The van der Waals surface area contributed by atoms with Gasteiger partial charge >= 0.3 is 9.28 Å². The molecule has 0 fully saturated rings. The van der Waals surface area contributed by atoms with Gasteiger partial charge in [0.15, 0.2) is 0 Å². The second-order valence-electron chi connectivity index (χ2n) is 2.94. The zero-order valence-electron chi connectivity index (χ0n) is 9.08. The van der Waals surface area contributed by atoms with Gasteiger partial charge < -0.3 is 20.7 Å². The molecule has 0 heterocycles. The second kappa shape index (κ2) is 10.1. The molecule has 0 saturated heterocycles. The molecule has 0 saturated carbocycles. The molecule has 0 spiro atoms. The van der Waals surface area contributed by atoms with Crippen LogP contribution in [-0.2, 0) is 8.85 Å². The van der Waals surface area contributed by atoms with Crippen LogP contribution < -0.4 is 11.9 Å². The summed E-state index contributed by atoms with van der Waals surface area (Å²) < 4.78 is 10.7. The van der Waals surface area contributed by atoms with Gasteiger partial charge in [-0.15, -0.1) is 0 Å². The number of hydrogen-bond acceptors (Lipinski definition) is 4. The Labute approximate surface area is 83.2 Å². The van der Waals surface area contributed by atoms with Gasteiger partial charge in [-0.3, -0.25) is 0 Å². The highest BCUT2D eigenvalue weighted by molar-refractivity contribution is 6.46. The van der Waals surface area contributed by atoms with Crippen molar-refractivity contribution in [3.05, 3.63) is 0 Å². The molecule has 0 aromatic heterocycles. The summed E-state index contributed by atoms with van der Waals surface area (Å²) in [4.78, 5) is 0. The van der Waals surface area contributed by atoms with Crippen molar-refractivity contribution in [2.75, 3.05) is 20.8 Å². The normalized spacial score (nSPS) is 12.7. The van der Waals surface area contributed by atoms with Gasteiger partial charge in [-0.05, 0) is 24.9 Å². The van der Waals surface area contributed by atoms with Crippen LogP contribution >= 0.6 is 0 Å².